The molecule has 21 heavy (non-hydrogen) atoms. The number of benzene rings is 1. The molecule has 5 nitrogen and oxygen atoms in total. The average Bonchev–Trinajstić information content (AvgIpc) is 3.11. The molecule has 3 rings (SSSR count). The van der Waals surface area contributed by atoms with Crippen LogP contribution in [0, 0.1) is 11.8 Å². The van der Waals surface area contributed by atoms with Crippen molar-refractivity contribution in [2.75, 3.05) is 26.8 Å². The fourth-order valence-electron chi connectivity index (χ4n) is 3.09. The van der Waals surface area contributed by atoms with E-state index in [1.807, 2.05) is 19.1 Å². The second-order valence-electron chi connectivity index (χ2n) is 5.74. The molecular formula is C16H19NO4. The van der Waals surface area contributed by atoms with Gasteiger partial charge in [-0.3, -0.25) is 9.59 Å². The van der Waals surface area contributed by atoms with Crippen molar-refractivity contribution in [3.8, 4) is 5.75 Å². The molecule has 2 heterocycles. The van der Waals surface area contributed by atoms with Crippen molar-refractivity contribution in [2.24, 2.45) is 11.8 Å². The second-order valence-corrected chi connectivity index (χ2v) is 5.74. The van der Waals surface area contributed by atoms with Crippen LogP contribution in [0.4, 0.5) is 0 Å². The van der Waals surface area contributed by atoms with E-state index in [-0.39, 0.29) is 23.7 Å². The van der Waals surface area contributed by atoms with Crippen molar-refractivity contribution in [3.63, 3.8) is 0 Å². The maximum atomic E-state index is 12.6. The summed E-state index contributed by atoms with van der Waals surface area (Å²) in [4.78, 5) is 26.0. The number of rotatable bonds is 2. The average molecular weight is 289 g/mol. The minimum atomic E-state index is -0.236. The molecule has 5 heteroatoms. The summed E-state index contributed by atoms with van der Waals surface area (Å²) in [6.45, 7) is 3.68. The van der Waals surface area contributed by atoms with E-state index in [0.29, 0.717) is 25.3 Å². The maximum Gasteiger partial charge on any atom is 0.310 e. The first-order chi connectivity index (χ1) is 10.1. The molecule has 0 aliphatic carbocycles. The lowest BCUT2D eigenvalue weighted by molar-refractivity contribution is -0.146. The topological polar surface area (TPSA) is 55.8 Å². The highest BCUT2D eigenvalue weighted by molar-refractivity contribution is 5.95. The second kappa shape index (κ2) is 5.39. The third kappa shape index (κ3) is 2.48. The standard InChI is InChI=1S/C16H19NO4/c1-10-8-17(9-13(10)16(19)20-2)15(18)12-3-4-14-11(7-12)5-6-21-14/h3-4,7,10,13H,5-6,8-9H2,1-2H3. The van der Waals surface area contributed by atoms with Crippen molar-refractivity contribution >= 4 is 11.9 Å². The van der Waals surface area contributed by atoms with Gasteiger partial charge < -0.3 is 14.4 Å². The number of nitrogens with zero attached hydrogens (tertiary/aromatic N) is 1. The summed E-state index contributed by atoms with van der Waals surface area (Å²) in [6.07, 6.45) is 0.845. The van der Waals surface area contributed by atoms with E-state index < -0.39 is 0 Å². The van der Waals surface area contributed by atoms with Gasteiger partial charge >= 0.3 is 5.97 Å². The predicted molar refractivity (Wildman–Crippen MR) is 76.2 cm³/mol. The summed E-state index contributed by atoms with van der Waals surface area (Å²) >= 11 is 0. The van der Waals surface area contributed by atoms with Crippen LogP contribution < -0.4 is 4.74 Å². The molecule has 1 fully saturated rings. The van der Waals surface area contributed by atoms with Gasteiger partial charge in [0.1, 0.15) is 5.75 Å². The van der Waals surface area contributed by atoms with Gasteiger partial charge in [0.25, 0.3) is 5.91 Å². The highest BCUT2D eigenvalue weighted by Gasteiger charge is 2.38. The number of likely N-dealkylation sites (tertiary alicyclic amines) is 1. The number of hydrogen-bond acceptors (Lipinski definition) is 4. The first-order valence-corrected chi connectivity index (χ1v) is 7.23. The van der Waals surface area contributed by atoms with Gasteiger partial charge in [0, 0.05) is 25.1 Å². The normalized spacial score (nSPS) is 23.6. The van der Waals surface area contributed by atoms with E-state index in [2.05, 4.69) is 0 Å². The van der Waals surface area contributed by atoms with Crippen LogP contribution in [-0.2, 0) is 16.0 Å². The van der Waals surface area contributed by atoms with Gasteiger partial charge in [0.15, 0.2) is 0 Å². The van der Waals surface area contributed by atoms with E-state index in [1.165, 1.54) is 7.11 Å². The number of amides is 1. The molecular weight excluding hydrogens is 270 g/mol. The highest BCUT2D eigenvalue weighted by Crippen LogP contribution is 2.29. The summed E-state index contributed by atoms with van der Waals surface area (Å²) in [6, 6.07) is 5.55. The lowest BCUT2D eigenvalue weighted by atomic mass is 9.99. The third-order valence-corrected chi connectivity index (χ3v) is 4.34. The number of ether oxygens (including phenoxy) is 2. The summed E-state index contributed by atoms with van der Waals surface area (Å²) in [5.41, 5.74) is 1.74. The molecule has 1 aromatic rings. The fraction of sp³-hybridized carbons (Fsp3) is 0.500. The Labute approximate surface area is 123 Å². The SMILES string of the molecule is COC(=O)C1CN(C(=O)c2ccc3c(c2)CCO3)CC1C. The Balaban J connectivity index is 1.76. The van der Waals surface area contributed by atoms with Gasteiger partial charge in [-0.1, -0.05) is 6.92 Å². The number of methoxy groups -OCH3 is 1. The molecule has 2 aliphatic rings. The zero-order valence-electron chi connectivity index (χ0n) is 12.3. The molecule has 2 atom stereocenters. The van der Waals surface area contributed by atoms with Crippen LogP contribution >= 0.6 is 0 Å². The van der Waals surface area contributed by atoms with Crippen molar-refractivity contribution in [1.29, 1.82) is 0 Å². The monoisotopic (exact) mass is 289 g/mol. The van der Waals surface area contributed by atoms with Crippen molar-refractivity contribution in [1.82, 2.24) is 4.90 Å². The number of fused-ring (bicyclic) bond motifs is 1. The first-order valence-electron chi connectivity index (χ1n) is 7.23. The number of esters is 1. The first kappa shape index (κ1) is 13.9. The van der Waals surface area contributed by atoms with Crippen molar-refractivity contribution in [2.45, 2.75) is 13.3 Å². The Morgan fingerprint density at radius 3 is 2.90 bits per heavy atom. The summed E-state index contributed by atoms with van der Waals surface area (Å²) in [5, 5.41) is 0. The quantitative estimate of drug-likeness (QED) is 0.774. The molecule has 0 radical (unpaired) electrons. The Kier molecular flexibility index (Phi) is 3.57. The van der Waals surface area contributed by atoms with Gasteiger partial charge in [0.2, 0.25) is 0 Å². The largest absolute Gasteiger partial charge is 0.493 e. The predicted octanol–water partition coefficient (Wildman–Crippen LogP) is 1.50. The smallest absolute Gasteiger partial charge is 0.310 e. The van der Waals surface area contributed by atoms with E-state index in [0.717, 1.165) is 17.7 Å². The molecule has 112 valence electrons. The van der Waals surface area contributed by atoms with Crippen molar-refractivity contribution in [3.05, 3.63) is 29.3 Å². The molecule has 1 saturated heterocycles. The summed E-state index contributed by atoms with van der Waals surface area (Å²) in [5.74, 6) is 0.507. The van der Waals surface area contributed by atoms with Gasteiger partial charge in [-0.25, -0.2) is 0 Å². The van der Waals surface area contributed by atoms with E-state index in [9.17, 15) is 9.59 Å². The van der Waals surface area contributed by atoms with Crippen LogP contribution in [0.5, 0.6) is 5.75 Å². The van der Waals surface area contributed by atoms with Gasteiger partial charge in [-0.15, -0.1) is 0 Å². The molecule has 0 bridgehead atoms. The molecule has 0 saturated carbocycles. The molecule has 2 unspecified atom stereocenters. The van der Waals surface area contributed by atoms with Gasteiger partial charge in [-0.2, -0.15) is 0 Å². The minimum Gasteiger partial charge on any atom is -0.493 e. The van der Waals surface area contributed by atoms with Crippen LogP contribution in [0.15, 0.2) is 18.2 Å². The Bertz CT molecular complexity index is 584. The van der Waals surface area contributed by atoms with Gasteiger partial charge in [0.05, 0.1) is 19.6 Å². The zero-order valence-corrected chi connectivity index (χ0v) is 12.3. The minimum absolute atomic E-state index is 0.0250. The number of carbonyl (C=O) groups is 2. The van der Waals surface area contributed by atoms with E-state index in [4.69, 9.17) is 9.47 Å². The van der Waals surface area contributed by atoms with E-state index >= 15 is 0 Å². The van der Waals surface area contributed by atoms with Crippen LogP contribution in [-0.4, -0.2) is 43.6 Å². The Morgan fingerprint density at radius 1 is 1.33 bits per heavy atom. The lowest BCUT2D eigenvalue weighted by Gasteiger charge is -2.16. The van der Waals surface area contributed by atoms with Crippen LogP contribution in [0.2, 0.25) is 0 Å². The molecule has 1 amide bonds. The van der Waals surface area contributed by atoms with Crippen LogP contribution in [0.1, 0.15) is 22.8 Å². The van der Waals surface area contributed by atoms with Crippen LogP contribution in [0.25, 0.3) is 0 Å². The lowest BCUT2D eigenvalue weighted by Crippen LogP contribution is -2.30. The maximum absolute atomic E-state index is 12.6. The highest BCUT2D eigenvalue weighted by atomic mass is 16.5. The van der Waals surface area contributed by atoms with Crippen LogP contribution in [0.3, 0.4) is 0 Å². The molecule has 2 aliphatic heterocycles. The molecule has 0 aromatic heterocycles. The van der Waals surface area contributed by atoms with Crippen molar-refractivity contribution < 1.29 is 19.1 Å². The molecule has 0 spiro atoms. The molecule has 1 aromatic carbocycles. The van der Waals surface area contributed by atoms with Gasteiger partial charge in [-0.05, 0) is 29.7 Å². The molecule has 0 N–H and O–H groups in total. The fourth-order valence-corrected chi connectivity index (χ4v) is 3.09. The zero-order chi connectivity index (χ0) is 15.0. The Morgan fingerprint density at radius 2 is 2.14 bits per heavy atom. The van der Waals surface area contributed by atoms with E-state index in [1.54, 1.807) is 11.0 Å². The Hall–Kier alpha value is -2.04. The summed E-state index contributed by atoms with van der Waals surface area (Å²) < 4.78 is 10.3. The number of carbonyl (C=O) groups excluding carboxylic acids is 2. The summed E-state index contributed by atoms with van der Waals surface area (Å²) in [7, 11) is 1.39. The third-order valence-electron chi connectivity index (χ3n) is 4.34. The number of hydrogen-bond donors (Lipinski definition) is 0.